The Kier molecular flexibility index (Phi) is 10.3. The van der Waals surface area contributed by atoms with Gasteiger partial charge in [-0.15, -0.1) is 0 Å². The molecule has 4 aromatic rings. The second-order valence-corrected chi connectivity index (χ2v) is 20.9. The highest BCUT2D eigenvalue weighted by Crippen LogP contribution is 2.43. The van der Waals surface area contributed by atoms with Gasteiger partial charge in [0, 0.05) is 25.1 Å². The topological polar surface area (TPSA) is 51.0 Å². The van der Waals surface area contributed by atoms with Crippen LogP contribution in [0.15, 0.2) is 77.3 Å². The van der Waals surface area contributed by atoms with Crippen LogP contribution in [0, 0.1) is 23.7 Å². The van der Waals surface area contributed by atoms with E-state index in [4.69, 9.17) is 13.7 Å². The predicted molar refractivity (Wildman–Crippen MR) is 202 cm³/mol. The molecule has 0 radical (unpaired) electrons. The Morgan fingerprint density at radius 2 is 1.51 bits per heavy atom. The van der Waals surface area contributed by atoms with Crippen LogP contribution in [-0.2, 0) is 17.4 Å². The first-order chi connectivity index (χ1) is 23.7. The third kappa shape index (κ3) is 7.85. The molecule has 1 aliphatic heterocycles. The molecular formula is C42H57N3O3Si. The van der Waals surface area contributed by atoms with E-state index < -0.39 is 8.32 Å². The number of piperidine rings is 1. The fraction of sp³-hybridized carbons (Fsp3) is 0.548. The van der Waals surface area contributed by atoms with E-state index in [9.17, 15) is 0 Å². The van der Waals surface area contributed by atoms with Crippen molar-refractivity contribution in [1.82, 2.24) is 15.0 Å². The Hall–Kier alpha value is -2.97. The Balaban J connectivity index is 0.910. The molecule has 1 saturated heterocycles. The number of benzene rings is 3. The molecule has 1 aromatic heterocycles. The first-order valence-electron chi connectivity index (χ1n) is 18.9. The number of aryl methyl sites for hydroxylation is 1. The van der Waals surface area contributed by atoms with Crippen LogP contribution < -0.4 is 15.1 Å². The van der Waals surface area contributed by atoms with Crippen molar-refractivity contribution >= 4 is 29.7 Å². The molecule has 7 rings (SSSR count). The zero-order valence-corrected chi connectivity index (χ0v) is 31.5. The fourth-order valence-corrected chi connectivity index (χ4v) is 12.8. The van der Waals surface area contributed by atoms with Crippen LogP contribution >= 0.6 is 0 Å². The molecule has 49 heavy (non-hydrogen) atoms. The van der Waals surface area contributed by atoms with Gasteiger partial charge in [-0.05, 0) is 123 Å². The van der Waals surface area contributed by atoms with Gasteiger partial charge in [0.05, 0.1) is 17.9 Å². The SMILES string of the molecule is CN(C)Cc1c(OCC2CC2)ccc2c(CCC3CCN(C[C@H]4C[C@H]4CO[Si](c4ccccc4)(c4ccccc4)C(C)(C)C)CC3)noc12. The van der Waals surface area contributed by atoms with Gasteiger partial charge in [-0.2, -0.15) is 0 Å². The summed E-state index contributed by atoms with van der Waals surface area (Å²) in [6, 6.07) is 26.5. The van der Waals surface area contributed by atoms with Crippen LogP contribution in [-0.4, -0.2) is 70.2 Å². The van der Waals surface area contributed by atoms with Crippen LogP contribution in [0.3, 0.4) is 0 Å². The molecule has 2 heterocycles. The van der Waals surface area contributed by atoms with E-state index in [1.165, 1.54) is 68.5 Å². The van der Waals surface area contributed by atoms with Crippen molar-refractivity contribution in [3.8, 4) is 5.75 Å². The predicted octanol–water partition coefficient (Wildman–Crippen LogP) is 7.54. The van der Waals surface area contributed by atoms with Gasteiger partial charge < -0.3 is 23.5 Å². The van der Waals surface area contributed by atoms with E-state index in [0.29, 0.717) is 5.92 Å². The zero-order chi connectivity index (χ0) is 34.0. The minimum absolute atomic E-state index is 0.0294. The number of nitrogens with zero attached hydrogens (tertiary/aromatic N) is 3. The maximum atomic E-state index is 7.28. The zero-order valence-electron chi connectivity index (χ0n) is 30.5. The Morgan fingerprint density at radius 1 is 0.837 bits per heavy atom. The molecule has 2 aliphatic carbocycles. The molecule has 3 aromatic carbocycles. The summed E-state index contributed by atoms with van der Waals surface area (Å²) < 4.78 is 19.5. The van der Waals surface area contributed by atoms with E-state index in [-0.39, 0.29) is 5.04 Å². The molecule has 0 unspecified atom stereocenters. The lowest BCUT2D eigenvalue weighted by Gasteiger charge is -2.43. The highest BCUT2D eigenvalue weighted by molar-refractivity contribution is 6.99. The first kappa shape index (κ1) is 34.5. The molecule has 6 nitrogen and oxygen atoms in total. The third-order valence-corrected chi connectivity index (χ3v) is 16.4. The van der Waals surface area contributed by atoms with Gasteiger partial charge in [0.1, 0.15) is 5.75 Å². The summed E-state index contributed by atoms with van der Waals surface area (Å²) in [6.45, 7) is 13.2. The largest absolute Gasteiger partial charge is 0.493 e. The van der Waals surface area contributed by atoms with Crippen LogP contribution in [0.2, 0.25) is 5.04 Å². The van der Waals surface area contributed by atoms with Crippen LogP contribution in [0.1, 0.15) is 70.6 Å². The molecule has 0 bridgehead atoms. The van der Waals surface area contributed by atoms with Gasteiger partial charge >= 0.3 is 0 Å². The summed E-state index contributed by atoms with van der Waals surface area (Å²) in [5.41, 5.74) is 3.14. The van der Waals surface area contributed by atoms with Gasteiger partial charge in [0.25, 0.3) is 8.32 Å². The number of aromatic nitrogens is 1. The molecule has 2 saturated carbocycles. The average Bonchev–Trinajstić information content (AvgIpc) is 4.02. The smallest absolute Gasteiger partial charge is 0.261 e. The first-order valence-corrected chi connectivity index (χ1v) is 20.8. The molecule has 0 spiro atoms. The van der Waals surface area contributed by atoms with Crippen LogP contribution in [0.25, 0.3) is 11.0 Å². The molecule has 3 fully saturated rings. The summed E-state index contributed by atoms with van der Waals surface area (Å²) in [7, 11) is 1.73. The molecule has 262 valence electrons. The van der Waals surface area contributed by atoms with E-state index in [1.807, 2.05) is 0 Å². The highest BCUT2D eigenvalue weighted by Gasteiger charge is 2.51. The van der Waals surface area contributed by atoms with Crippen molar-refractivity contribution < 1.29 is 13.7 Å². The maximum absolute atomic E-state index is 7.28. The molecular weight excluding hydrogens is 623 g/mol. The van der Waals surface area contributed by atoms with Crippen molar-refractivity contribution in [2.75, 3.05) is 46.9 Å². The van der Waals surface area contributed by atoms with E-state index in [1.54, 1.807) is 0 Å². The van der Waals surface area contributed by atoms with E-state index in [0.717, 1.165) is 71.9 Å². The summed E-state index contributed by atoms with van der Waals surface area (Å²) >= 11 is 0. The highest BCUT2D eigenvalue weighted by atomic mass is 28.4. The minimum atomic E-state index is -2.47. The average molecular weight is 680 g/mol. The van der Waals surface area contributed by atoms with Crippen LogP contribution in [0.5, 0.6) is 5.75 Å². The molecule has 2 atom stereocenters. The lowest BCUT2D eigenvalue weighted by atomic mass is 9.91. The maximum Gasteiger partial charge on any atom is 0.261 e. The van der Waals surface area contributed by atoms with Gasteiger partial charge in [0.2, 0.25) is 0 Å². The molecule has 0 amide bonds. The number of hydrogen-bond donors (Lipinski definition) is 0. The monoisotopic (exact) mass is 679 g/mol. The van der Waals surface area contributed by atoms with Gasteiger partial charge in [-0.25, -0.2) is 0 Å². The van der Waals surface area contributed by atoms with Gasteiger partial charge in [-0.1, -0.05) is 86.6 Å². The molecule has 7 heteroatoms. The molecule has 0 N–H and O–H groups in total. The normalized spacial score (nSPS) is 20.7. The number of fused-ring (bicyclic) bond motifs is 1. The quantitative estimate of drug-likeness (QED) is 0.121. The number of rotatable bonds is 15. The summed E-state index contributed by atoms with van der Waals surface area (Å²) in [6.07, 6.45) is 8.57. The summed E-state index contributed by atoms with van der Waals surface area (Å²) in [5.74, 6) is 3.84. The van der Waals surface area contributed by atoms with Crippen molar-refractivity contribution in [3.05, 3.63) is 84.1 Å². The Labute approximate surface area is 295 Å². The van der Waals surface area contributed by atoms with Crippen molar-refractivity contribution in [1.29, 1.82) is 0 Å². The van der Waals surface area contributed by atoms with E-state index in [2.05, 4.69) is 123 Å². The summed E-state index contributed by atoms with van der Waals surface area (Å²) in [5, 5.41) is 8.53. The number of hydrogen-bond acceptors (Lipinski definition) is 6. The lowest BCUT2D eigenvalue weighted by Crippen LogP contribution is -2.66. The summed E-state index contributed by atoms with van der Waals surface area (Å²) in [4.78, 5) is 4.91. The van der Waals surface area contributed by atoms with E-state index >= 15 is 0 Å². The second-order valence-electron chi connectivity index (χ2n) is 16.6. The van der Waals surface area contributed by atoms with Gasteiger partial charge in [0.15, 0.2) is 5.58 Å². The van der Waals surface area contributed by atoms with Gasteiger partial charge in [-0.3, -0.25) is 0 Å². The number of ether oxygens (including phenoxy) is 1. The molecule has 3 aliphatic rings. The minimum Gasteiger partial charge on any atom is -0.493 e. The van der Waals surface area contributed by atoms with Crippen LogP contribution in [0.4, 0.5) is 0 Å². The standard InChI is InChI=1S/C42H57N3O3Si/c1-42(2,3)49(35-12-8-6-9-13-35,36-14-10-7-11-15-36)47-30-34-26-33(34)27-45-24-22-31(23-25-45)18-20-39-37-19-21-40(46-29-32-16-17-32)38(28-44(4)5)41(37)48-43-39/h6-15,19,21,31-34H,16-18,20,22-30H2,1-5H3/t33-,34+/m1/s1. The van der Waals surface area contributed by atoms with Crippen molar-refractivity contribution in [2.24, 2.45) is 23.7 Å². The number of likely N-dealkylation sites (tertiary alicyclic amines) is 1. The Morgan fingerprint density at radius 3 is 2.12 bits per heavy atom. The Bertz CT molecular complexity index is 1620. The van der Waals surface area contributed by atoms with Crippen molar-refractivity contribution in [2.45, 2.75) is 77.3 Å². The fourth-order valence-electron chi connectivity index (χ4n) is 8.23. The van der Waals surface area contributed by atoms with Crippen molar-refractivity contribution in [3.63, 3.8) is 0 Å². The lowest BCUT2D eigenvalue weighted by molar-refractivity contribution is 0.167. The second kappa shape index (κ2) is 14.7. The third-order valence-electron chi connectivity index (χ3n) is 11.4.